The number of nitrogens with one attached hydrogen (secondary N) is 1. The van der Waals surface area contributed by atoms with E-state index in [9.17, 15) is 14.7 Å². The van der Waals surface area contributed by atoms with Crippen LogP contribution < -0.4 is 24.3 Å². The largest absolute Gasteiger partial charge is 0.504 e. The number of thioether (sulfide) groups is 1. The Bertz CT molecular complexity index is 2410. The standard InChI is InChI=1S/C42H43N3O9S/c1-19-13-24-27(32(47)33(19)49-6)30-31-37-29-28(36-35(51-18-52-36)20(2)34(29)53-21(3)46)25(45(31)40(4)15-41(24,5)44(30)16-40)14-50-39(48)42(17-55-37)38-23(11-12-43-42)22-9-7-8-10-26(22)54-38/h7-10,13,25,30-31,37,43,47H,11-12,14-18H2,1-6H3/t25-,30?,31+,37+,40?,41?,42+/m0/s1. The van der Waals surface area contributed by atoms with Crippen molar-refractivity contribution in [3.05, 3.63) is 75.0 Å². The Morgan fingerprint density at radius 2 is 1.87 bits per heavy atom. The summed E-state index contributed by atoms with van der Waals surface area (Å²) in [6, 6.07) is 9.06. The molecular weight excluding hydrogens is 723 g/mol. The maximum absolute atomic E-state index is 14.9. The summed E-state index contributed by atoms with van der Waals surface area (Å²) in [4.78, 5) is 33.0. The fourth-order valence-electron chi connectivity index (χ4n) is 11.8. The Labute approximate surface area is 322 Å². The third-order valence-electron chi connectivity index (χ3n) is 13.7. The van der Waals surface area contributed by atoms with Crippen molar-refractivity contribution >= 4 is 34.7 Å². The van der Waals surface area contributed by atoms with E-state index >= 15 is 0 Å². The number of hydrogen-bond acceptors (Lipinski definition) is 13. The first-order valence-corrected chi connectivity index (χ1v) is 20.1. The van der Waals surface area contributed by atoms with Crippen molar-refractivity contribution in [1.82, 2.24) is 15.1 Å². The number of benzene rings is 3. The average molecular weight is 766 g/mol. The van der Waals surface area contributed by atoms with Crippen molar-refractivity contribution in [2.45, 2.75) is 87.5 Å². The molecule has 12 rings (SSSR count). The normalized spacial score (nSPS) is 32.6. The van der Waals surface area contributed by atoms with Gasteiger partial charge in [-0.15, -0.1) is 11.8 Å². The quantitative estimate of drug-likeness (QED) is 0.184. The van der Waals surface area contributed by atoms with E-state index in [1.807, 2.05) is 38.1 Å². The van der Waals surface area contributed by atoms with E-state index in [-0.39, 0.29) is 47.8 Å². The van der Waals surface area contributed by atoms with Crippen LogP contribution >= 0.6 is 11.8 Å². The molecule has 3 aromatic carbocycles. The van der Waals surface area contributed by atoms with Crippen molar-refractivity contribution < 1.29 is 42.8 Å². The molecule has 3 saturated heterocycles. The van der Waals surface area contributed by atoms with Gasteiger partial charge in [0.1, 0.15) is 23.7 Å². The predicted octanol–water partition coefficient (Wildman–Crippen LogP) is 5.96. The van der Waals surface area contributed by atoms with Gasteiger partial charge in [-0.2, -0.15) is 0 Å². The van der Waals surface area contributed by atoms with Gasteiger partial charge in [-0.3, -0.25) is 19.9 Å². The molecule has 2 N–H and O–H groups in total. The van der Waals surface area contributed by atoms with E-state index < -0.39 is 29.1 Å². The topological polar surface area (TPSA) is 132 Å². The van der Waals surface area contributed by atoms with Crippen molar-refractivity contribution in [1.29, 1.82) is 0 Å². The van der Waals surface area contributed by atoms with Crippen LogP contribution in [0.1, 0.15) is 89.2 Å². The number of phenols is 1. The van der Waals surface area contributed by atoms with Gasteiger partial charge in [0.2, 0.25) is 6.79 Å². The molecule has 7 atom stereocenters. The third-order valence-corrected chi connectivity index (χ3v) is 15.2. The van der Waals surface area contributed by atoms with Crippen molar-refractivity contribution in [3.8, 4) is 28.7 Å². The summed E-state index contributed by atoms with van der Waals surface area (Å²) in [6.07, 6.45) is 1.49. The summed E-state index contributed by atoms with van der Waals surface area (Å²) in [5, 5.41) is 16.4. The molecule has 9 heterocycles. The molecule has 3 fully saturated rings. The van der Waals surface area contributed by atoms with Gasteiger partial charge in [-0.25, -0.2) is 4.79 Å². The number of phenolic OH excluding ortho intramolecular Hbond substituents is 1. The minimum atomic E-state index is -1.28. The zero-order valence-electron chi connectivity index (χ0n) is 31.7. The van der Waals surface area contributed by atoms with Crippen molar-refractivity contribution in [2.24, 2.45) is 0 Å². The molecule has 55 heavy (non-hydrogen) atoms. The molecule has 4 aromatic rings. The van der Waals surface area contributed by atoms with E-state index in [1.165, 1.54) is 6.92 Å². The summed E-state index contributed by atoms with van der Waals surface area (Å²) in [6.45, 7) is 11.2. The first kappa shape index (κ1) is 33.9. The van der Waals surface area contributed by atoms with Crippen LogP contribution in [0.3, 0.4) is 0 Å². The molecule has 1 spiro atoms. The molecule has 286 valence electrons. The van der Waals surface area contributed by atoms with Gasteiger partial charge in [0.05, 0.1) is 24.4 Å². The maximum atomic E-state index is 14.9. The van der Waals surface area contributed by atoms with Gasteiger partial charge >= 0.3 is 11.9 Å². The molecule has 0 radical (unpaired) electrons. The molecule has 0 aliphatic carbocycles. The molecule has 8 aliphatic heterocycles. The fraction of sp³-hybridized carbons (Fsp3) is 0.476. The number of carbonyl (C=O) groups is 2. The van der Waals surface area contributed by atoms with Gasteiger partial charge in [0.15, 0.2) is 28.5 Å². The van der Waals surface area contributed by atoms with Crippen LogP contribution in [-0.4, -0.2) is 77.8 Å². The summed E-state index contributed by atoms with van der Waals surface area (Å²) >= 11 is 1.63. The second-order valence-electron chi connectivity index (χ2n) is 16.7. The maximum Gasteiger partial charge on any atom is 0.335 e. The Kier molecular flexibility index (Phi) is 6.84. The van der Waals surface area contributed by atoms with Crippen molar-refractivity contribution in [2.75, 3.05) is 39.4 Å². The molecule has 13 heteroatoms. The number of rotatable bonds is 2. The minimum Gasteiger partial charge on any atom is -0.504 e. The first-order chi connectivity index (χ1) is 26.4. The highest BCUT2D eigenvalue weighted by molar-refractivity contribution is 7.99. The Hall–Kier alpha value is -4.43. The van der Waals surface area contributed by atoms with Crippen LogP contribution in [0, 0.1) is 13.8 Å². The lowest BCUT2D eigenvalue weighted by molar-refractivity contribution is -0.158. The molecule has 0 saturated carbocycles. The lowest BCUT2D eigenvalue weighted by Gasteiger charge is -2.60. The summed E-state index contributed by atoms with van der Waals surface area (Å²) in [5.74, 6) is 2.22. The van der Waals surface area contributed by atoms with Crippen LogP contribution in [0.2, 0.25) is 0 Å². The van der Waals surface area contributed by atoms with E-state index in [0.29, 0.717) is 47.3 Å². The van der Waals surface area contributed by atoms with E-state index in [2.05, 4.69) is 35.0 Å². The number of ether oxygens (including phenoxy) is 5. The molecule has 12 nitrogen and oxygen atoms in total. The summed E-state index contributed by atoms with van der Waals surface area (Å²) < 4.78 is 37.7. The molecule has 0 amide bonds. The monoisotopic (exact) mass is 765 g/mol. The van der Waals surface area contributed by atoms with Gasteiger partial charge in [0.25, 0.3) is 0 Å². The van der Waals surface area contributed by atoms with Crippen LogP contribution in [0.4, 0.5) is 0 Å². The number of nitrogens with zero attached hydrogens (tertiary/aromatic N) is 2. The number of carbonyl (C=O) groups excluding carboxylic acids is 2. The number of aromatic hydroxyl groups is 1. The zero-order chi connectivity index (χ0) is 37.9. The number of fused-ring (bicyclic) bond motifs is 11. The highest BCUT2D eigenvalue weighted by atomic mass is 32.2. The van der Waals surface area contributed by atoms with E-state index in [1.54, 1.807) is 18.9 Å². The summed E-state index contributed by atoms with van der Waals surface area (Å²) in [5.41, 5.74) is 4.88. The number of furan rings is 1. The van der Waals surface area contributed by atoms with Crippen LogP contribution in [0.15, 0.2) is 34.7 Å². The van der Waals surface area contributed by atoms with Crippen LogP contribution in [0.25, 0.3) is 11.0 Å². The molecule has 3 unspecified atom stereocenters. The minimum absolute atomic E-state index is 0.00612. The Morgan fingerprint density at radius 3 is 2.67 bits per heavy atom. The van der Waals surface area contributed by atoms with Crippen LogP contribution in [0.5, 0.6) is 28.7 Å². The number of esters is 2. The van der Waals surface area contributed by atoms with E-state index in [4.69, 9.17) is 28.1 Å². The lowest BCUT2D eigenvalue weighted by Crippen LogP contribution is -2.66. The third kappa shape index (κ3) is 4.09. The number of hydrogen-bond donors (Lipinski definition) is 2. The molecule has 4 bridgehead atoms. The summed E-state index contributed by atoms with van der Waals surface area (Å²) in [7, 11) is 1.60. The van der Waals surface area contributed by atoms with Gasteiger partial charge in [0, 0.05) is 76.1 Å². The predicted molar refractivity (Wildman–Crippen MR) is 202 cm³/mol. The second kappa shape index (κ2) is 11.1. The van der Waals surface area contributed by atoms with Gasteiger partial charge in [-0.05, 0) is 63.8 Å². The Balaban J connectivity index is 1.19. The highest BCUT2D eigenvalue weighted by Gasteiger charge is 2.71. The smallest absolute Gasteiger partial charge is 0.335 e. The molecule has 1 aromatic heterocycles. The number of para-hydroxylation sites is 1. The van der Waals surface area contributed by atoms with Crippen LogP contribution in [-0.2, 0) is 31.8 Å². The number of piperazine rings is 1. The SMILES string of the molecule is COc1c(C)cc2c(c1O)C1[C@@H]3[C@@H]4SC[C@]5(NCCc6c5oc5ccccc65)C(=O)OC[C@@H](c5c6c(c(C)c(OC(C)=O)c54)OCO6)N3C3(C)CN1C2(C)C3. The highest BCUT2D eigenvalue weighted by Crippen LogP contribution is 2.71. The molecule has 8 aliphatic rings. The van der Waals surface area contributed by atoms with Crippen molar-refractivity contribution in [3.63, 3.8) is 0 Å². The second-order valence-corrected chi connectivity index (χ2v) is 17.9. The van der Waals surface area contributed by atoms with Gasteiger partial charge in [-0.1, -0.05) is 18.2 Å². The average Bonchev–Trinajstić information content (AvgIpc) is 3.90. The molecular formula is C42H43N3O9S. The Morgan fingerprint density at radius 1 is 1.07 bits per heavy atom. The lowest BCUT2D eigenvalue weighted by atomic mass is 9.72. The zero-order valence-corrected chi connectivity index (χ0v) is 32.5. The number of methoxy groups -OCH3 is 1. The first-order valence-electron chi connectivity index (χ1n) is 19.1. The number of aryl methyl sites for hydroxylation is 1. The van der Waals surface area contributed by atoms with Gasteiger partial charge < -0.3 is 33.2 Å². The fourth-order valence-corrected chi connectivity index (χ4v) is 13.5. The van der Waals surface area contributed by atoms with E-state index in [0.717, 1.165) is 57.3 Å².